The number of aryl methyl sites for hydroxylation is 1. The first-order chi connectivity index (χ1) is 8.03. The normalized spacial score (nSPS) is 28.9. The predicted molar refractivity (Wildman–Crippen MR) is 64.7 cm³/mol. The van der Waals surface area contributed by atoms with Gasteiger partial charge in [-0.25, -0.2) is 0 Å². The van der Waals surface area contributed by atoms with Crippen LogP contribution in [0.25, 0.3) is 0 Å². The lowest BCUT2D eigenvalue weighted by molar-refractivity contribution is -0.145. The van der Waals surface area contributed by atoms with E-state index in [2.05, 4.69) is 0 Å². The van der Waals surface area contributed by atoms with Gasteiger partial charge in [0.1, 0.15) is 0 Å². The van der Waals surface area contributed by atoms with Crippen LogP contribution in [0.5, 0.6) is 0 Å². The third-order valence-corrected chi connectivity index (χ3v) is 3.81. The highest BCUT2D eigenvalue weighted by Gasteiger charge is 2.37. The van der Waals surface area contributed by atoms with Crippen LogP contribution >= 0.6 is 0 Å². The Balaban J connectivity index is 2.18. The Bertz CT molecular complexity index is 417. The molecule has 1 aliphatic carbocycles. The molecule has 2 N–H and O–H groups in total. The summed E-state index contributed by atoms with van der Waals surface area (Å²) in [7, 11) is 0. The van der Waals surface area contributed by atoms with Crippen molar-refractivity contribution in [3.05, 3.63) is 35.4 Å². The van der Waals surface area contributed by atoms with Crippen LogP contribution in [0.2, 0.25) is 0 Å². The summed E-state index contributed by atoms with van der Waals surface area (Å²) in [6.07, 6.45) is 2.18. The summed E-state index contributed by atoms with van der Waals surface area (Å²) in [6.45, 7) is 1.98. The van der Waals surface area contributed by atoms with Gasteiger partial charge in [-0.3, -0.25) is 4.79 Å². The van der Waals surface area contributed by atoms with E-state index in [1.54, 1.807) is 0 Å². The van der Waals surface area contributed by atoms with Crippen LogP contribution in [0.3, 0.4) is 0 Å². The molecule has 0 radical (unpaired) electrons. The van der Waals surface area contributed by atoms with Crippen molar-refractivity contribution in [1.82, 2.24) is 0 Å². The van der Waals surface area contributed by atoms with Gasteiger partial charge >= 0.3 is 5.97 Å². The monoisotopic (exact) mass is 234 g/mol. The maximum absolute atomic E-state index is 10.9. The van der Waals surface area contributed by atoms with E-state index in [1.165, 1.54) is 0 Å². The van der Waals surface area contributed by atoms with Crippen LogP contribution in [0.15, 0.2) is 24.3 Å². The minimum atomic E-state index is -0.836. The van der Waals surface area contributed by atoms with Crippen molar-refractivity contribution in [3.63, 3.8) is 0 Å². The van der Waals surface area contributed by atoms with Crippen molar-refractivity contribution >= 4 is 5.97 Å². The fourth-order valence-corrected chi connectivity index (χ4v) is 2.71. The number of carbonyl (C=O) groups is 1. The molecule has 1 aromatic rings. The van der Waals surface area contributed by atoms with Crippen LogP contribution in [0.4, 0.5) is 0 Å². The second-order valence-electron chi connectivity index (χ2n) is 4.96. The van der Waals surface area contributed by atoms with E-state index in [1.807, 2.05) is 31.2 Å². The van der Waals surface area contributed by atoms with E-state index in [9.17, 15) is 9.90 Å². The molecule has 3 heteroatoms. The number of hydrogen-bond donors (Lipinski definition) is 2. The Labute approximate surface area is 101 Å². The molecule has 0 saturated heterocycles. The lowest BCUT2D eigenvalue weighted by Gasteiger charge is -2.36. The fourth-order valence-electron chi connectivity index (χ4n) is 2.71. The minimum absolute atomic E-state index is 0.292. The highest BCUT2D eigenvalue weighted by molar-refractivity contribution is 5.70. The Hall–Kier alpha value is -1.35. The summed E-state index contributed by atoms with van der Waals surface area (Å²) in [4.78, 5) is 10.9. The first-order valence-corrected chi connectivity index (χ1v) is 6.04. The van der Waals surface area contributed by atoms with Gasteiger partial charge in [-0.05, 0) is 43.7 Å². The molecule has 0 heterocycles. The lowest BCUT2D eigenvalue weighted by atomic mass is 9.74. The maximum Gasteiger partial charge on any atom is 0.306 e. The van der Waals surface area contributed by atoms with Gasteiger partial charge in [0.25, 0.3) is 0 Å². The first-order valence-electron chi connectivity index (χ1n) is 6.04. The molecule has 1 aliphatic rings. The van der Waals surface area contributed by atoms with Crippen molar-refractivity contribution in [1.29, 1.82) is 0 Å². The number of aliphatic carboxylic acids is 1. The van der Waals surface area contributed by atoms with E-state index in [0.717, 1.165) is 11.1 Å². The van der Waals surface area contributed by atoms with Crippen LogP contribution < -0.4 is 0 Å². The highest BCUT2D eigenvalue weighted by Crippen LogP contribution is 2.40. The average Bonchev–Trinajstić information content (AvgIpc) is 2.30. The molecule has 0 bridgehead atoms. The van der Waals surface area contributed by atoms with E-state index < -0.39 is 11.6 Å². The van der Waals surface area contributed by atoms with Crippen molar-refractivity contribution in [2.75, 3.05) is 0 Å². The van der Waals surface area contributed by atoms with Crippen LogP contribution in [0.1, 0.15) is 36.8 Å². The van der Waals surface area contributed by atoms with Crippen LogP contribution in [-0.2, 0) is 10.4 Å². The SMILES string of the molecule is Cc1ccccc1C1(O)CCC(C(=O)O)CC1. The highest BCUT2D eigenvalue weighted by atomic mass is 16.4. The first kappa shape index (κ1) is 12.1. The van der Waals surface area contributed by atoms with Gasteiger partial charge in [-0.15, -0.1) is 0 Å². The Morgan fingerprint density at radius 2 is 1.88 bits per heavy atom. The summed E-state index contributed by atoms with van der Waals surface area (Å²) < 4.78 is 0. The van der Waals surface area contributed by atoms with E-state index in [-0.39, 0.29) is 5.92 Å². The largest absolute Gasteiger partial charge is 0.481 e. The molecule has 1 aromatic carbocycles. The Morgan fingerprint density at radius 3 is 2.41 bits per heavy atom. The molecule has 0 aliphatic heterocycles. The number of hydrogen-bond acceptors (Lipinski definition) is 2. The molecule has 0 atom stereocenters. The average molecular weight is 234 g/mol. The Kier molecular flexibility index (Phi) is 3.20. The third-order valence-electron chi connectivity index (χ3n) is 3.81. The summed E-state index contributed by atoms with van der Waals surface area (Å²) >= 11 is 0. The van der Waals surface area contributed by atoms with Crippen molar-refractivity contribution in [2.45, 2.75) is 38.2 Å². The fraction of sp³-hybridized carbons (Fsp3) is 0.500. The summed E-state index contributed by atoms with van der Waals surface area (Å²) in [5.41, 5.74) is 1.18. The Morgan fingerprint density at radius 1 is 1.29 bits per heavy atom. The second-order valence-corrected chi connectivity index (χ2v) is 4.96. The van der Waals surface area contributed by atoms with Crippen LogP contribution in [0, 0.1) is 12.8 Å². The molecule has 2 rings (SSSR count). The maximum atomic E-state index is 10.9. The lowest BCUT2D eigenvalue weighted by Crippen LogP contribution is -2.34. The van der Waals surface area contributed by atoms with Gasteiger partial charge < -0.3 is 10.2 Å². The number of rotatable bonds is 2. The molecule has 1 fully saturated rings. The predicted octanol–water partition coefficient (Wildman–Crippen LogP) is 2.46. The second kappa shape index (κ2) is 4.49. The molecule has 1 saturated carbocycles. The molecule has 92 valence electrons. The van der Waals surface area contributed by atoms with Gasteiger partial charge in [0.05, 0.1) is 11.5 Å². The zero-order chi connectivity index (χ0) is 12.5. The quantitative estimate of drug-likeness (QED) is 0.826. The molecule has 0 amide bonds. The van der Waals surface area contributed by atoms with Gasteiger partial charge in [0.2, 0.25) is 0 Å². The van der Waals surface area contributed by atoms with Gasteiger partial charge in [-0.1, -0.05) is 24.3 Å². The molecular weight excluding hydrogens is 216 g/mol. The van der Waals surface area contributed by atoms with E-state index in [0.29, 0.717) is 25.7 Å². The molecular formula is C14H18O3. The minimum Gasteiger partial charge on any atom is -0.481 e. The zero-order valence-corrected chi connectivity index (χ0v) is 10.0. The van der Waals surface area contributed by atoms with E-state index >= 15 is 0 Å². The molecule has 3 nitrogen and oxygen atoms in total. The third kappa shape index (κ3) is 2.34. The van der Waals surface area contributed by atoms with Crippen molar-refractivity contribution in [2.24, 2.45) is 5.92 Å². The number of aliphatic hydroxyl groups is 1. The van der Waals surface area contributed by atoms with Gasteiger partial charge in [0.15, 0.2) is 0 Å². The summed E-state index contributed by atoms with van der Waals surface area (Å²) in [5, 5.41) is 19.6. The number of carboxylic acids is 1. The van der Waals surface area contributed by atoms with Crippen molar-refractivity contribution < 1.29 is 15.0 Å². The zero-order valence-electron chi connectivity index (χ0n) is 10.0. The summed E-state index contributed by atoms with van der Waals surface area (Å²) in [5.74, 6) is -1.03. The molecule has 17 heavy (non-hydrogen) atoms. The topological polar surface area (TPSA) is 57.5 Å². The molecule has 0 spiro atoms. The number of benzene rings is 1. The van der Waals surface area contributed by atoms with E-state index in [4.69, 9.17) is 5.11 Å². The molecule has 0 aromatic heterocycles. The smallest absolute Gasteiger partial charge is 0.306 e. The number of carboxylic acid groups (broad SMARTS) is 1. The van der Waals surface area contributed by atoms with Crippen LogP contribution in [-0.4, -0.2) is 16.2 Å². The van der Waals surface area contributed by atoms with Gasteiger partial charge in [-0.2, -0.15) is 0 Å². The standard InChI is InChI=1S/C14H18O3/c1-10-4-2-3-5-12(10)14(17)8-6-11(7-9-14)13(15)16/h2-5,11,17H,6-9H2,1H3,(H,15,16). The molecule has 0 unspecified atom stereocenters. The van der Waals surface area contributed by atoms with Gasteiger partial charge in [0, 0.05) is 0 Å². The van der Waals surface area contributed by atoms with Crippen molar-refractivity contribution in [3.8, 4) is 0 Å². The summed E-state index contributed by atoms with van der Waals surface area (Å²) in [6, 6.07) is 7.79.